The van der Waals surface area contributed by atoms with Crippen LogP contribution in [0.3, 0.4) is 0 Å². The van der Waals surface area contributed by atoms with Gasteiger partial charge in [0.25, 0.3) is 11.8 Å². The van der Waals surface area contributed by atoms with Gasteiger partial charge in [-0.3, -0.25) is 14.6 Å². The maximum absolute atomic E-state index is 12.4. The predicted octanol–water partition coefficient (Wildman–Crippen LogP) is 2.30. The summed E-state index contributed by atoms with van der Waals surface area (Å²) in [5, 5.41) is 6.82. The van der Waals surface area contributed by atoms with Crippen molar-refractivity contribution in [2.24, 2.45) is 0 Å². The summed E-state index contributed by atoms with van der Waals surface area (Å²) in [6, 6.07) is 11.2. The molecule has 3 aromatic rings. The van der Waals surface area contributed by atoms with Crippen molar-refractivity contribution >= 4 is 22.7 Å². The molecule has 1 aromatic carbocycles. The van der Waals surface area contributed by atoms with Gasteiger partial charge in [-0.15, -0.1) is 0 Å². The molecule has 0 atom stereocenters. The Labute approximate surface area is 163 Å². The standard InChI is InChI=1S/C21H24N4O3/c1-28-12-4-9-23-20(26)15-7-10-22-19(13-15)21(27)24-11-8-16-14-25-18-6-3-2-5-17(16)18/h2-3,5-7,10,13-14,25H,4,8-9,11-12H2,1H3,(H,23,26)(H,24,27). The molecule has 2 amide bonds. The van der Waals surface area contributed by atoms with E-state index in [4.69, 9.17) is 4.74 Å². The van der Waals surface area contributed by atoms with E-state index in [0.29, 0.717) is 31.7 Å². The number of nitrogens with zero attached hydrogens (tertiary/aromatic N) is 1. The Morgan fingerprint density at radius 2 is 1.93 bits per heavy atom. The lowest BCUT2D eigenvalue weighted by Gasteiger charge is -2.07. The Balaban J connectivity index is 1.53. The summed E-state index contributed by atoms with van der Waals surface area (Å²) in [6.07, 6.45) is 4.87. The number of H-pyrrole nitrogens is 1. The Kier molecular flexibility index (Phi) is 6.75. The molecule has 146 valence electrons. The molecule has 0 unspecified atom stereocenters. The Morgan fingerprint density at radius 3 is 2.79 bits per heavy atom. The molecule has 0 spiro atoms. The third kappa shape index (κ3) is 4.95. The van der Waals surface area contributed by atoms with Crippen molar-refractivity contribution in [2.45, 2.75) is 12.8 Å². The highest BCUT2D eigenvalue weighted by atomic mass is 16.5. The van der Waals surface area contributed by atoms with Crippen molar-refractivity contribution in [1.82, 2.24) is 20.6 Å². The number of ether oxygens (including phenoxy) is 1. The second-order valence-electron chi connectivity index (χ2n) is 6.40. The first-order valence-electron chi connectivity index (χ1n) is 9.25. The quantitative estimate of drug-likeness (QED) is 0.496. The zero-order valence-corrected chi connectivity index (χ0v) is 15.8. The molecule has 0 aliphatic heterocycles. The highest BCUT2D eigenvalue weighted by Crippen LogP contribution is 2.17. The van der Waals surface area contributed by atoms with Crippen molar-refractivity contribution < 1.29 is 14.3 Å². The van der Waals surface area contributed by atoms with Gasteiger partial charge in [0.1, 0.15) is 5.69 Å². The highest BCUT2D eigenvalue weighted by Gasteiger charge is 2.12. The fourth-order valence-corrected chi connectivity index (χ4v) is 2.96. The summed E-state index contributed by atoms with van der Waals surface area (Å²) in [5.74, 6) is -0.528. The number of amides is 2. The number of fused-ring (bicyclic) bond motifs is 1. The number of para-hydroxylation sites is 1. The van der Waals surface area contributed by atoms with E-state index >= 15 is 0 Å². The lowest BCUT2D eigenvalue weighted by atomic mass is 10.1. The third-order valence-electron chi connectivity index (χ3n) is 4.42. The summed E-state index contributed by atoms with van der Waals surface area (Å²) in [7, 11) is 1.62. The van der Waals surface area contributed by atoms with Crippen LogP contribution in [0.15, 0.2) is 48.8 Å². The van der Waals surface area contributed by atoms with Crippen LogP contribution in [0, 0.1) is 0 Å². The Hall–Kier alpha value is -3.19. The maximum atomic E-state index is 12.4. The lowest BCUT2D eigenvalue weighted by Crippen LogP contribution is -2.28. The number of aromatic amines is 1. The largest absolute Gasteiger partial charge is 0.385 e. The minimum atomic E-state index is -0.297. The van der Waals surface area contributed by atoms with Crippen molar-refractivity contribution in [1.29, 1.82) is 0 Å². The minimum Gasteiger partial charge on any atom is -0.385 e. The fourth-order valence-electron chi connectivity index (χ4n) is 2.96. The number of aromatic nitrogens is 2. The number of hydrogen-bond donors (Lipinski definition) is 3. The molecule has 2 heterocycles. The van der Waals surface area contributed by atoms with Crippen LogP contribution in [0.1, 0.15) is 32.8 Å². The van der Waals surface area contributed by atoms with E-state index in [1.54, 1.807) is 13.2 Å². The van der Waals surface area contributed by atoms with Gasteiger partial charge in [-0.05, 0) is 36.6 Å². The number of pyridine rings is 1. The van der Waals surface area contributed by atoms with Crippen LogP contribution < -0.4 is 10.6 Å². The second kappa shape index (κ2) is 9.66. The van der Waals surface area contributed by atoms with Gasteiger partial charge in [-0.25, -0.2) is 0 Å². The topological polar surface area (TPSA) is 96.1 Å². The van der Waals surface area contributed by atoms with Gasteiger partial charge < -0.3 is 20.4 Å². The summed E-state index contributed by atoms with van der Waals surface area (Å²) < 4.78 is 4.95. The lowest BCUT2D eigenvalue weighted by molar-refractivity contribution is 0.0948. The first-order valence-corrected chi connectivity index (χ1v) is 9.25. The number of rotatable bonds is 9. The molecule has 0 aliphatic carbocycles. The fraction of sp³-hybridized carbons (Fsp3) is 0.286. The highest BCUT2D eigenvalue weighted by molar-refractivity contribution is 5.98. The first kappa shape index (κ1) is 19.6. The third-order valence-corrected chi connectivity index (χ3v) is 4.42. The van der Waals surface area contributed by atoms with Crippen LogP contribution in [-0.4, -0.2) is 48.6 Å². The van der Waals surface area contributed by atoms with E-state index in [2.05, 4.69) is 26.7 Å². The van der Waals surface area contributed by atoms with Crippen LogP contribution >= 0.6 is 0 Å². The SMILES string of the molecule is COCCCNC(=O)c1ccnc(C(=O)NCCc2c[nH]c3ccccc23)c1. The van der Waals surface area contributed by atoms with Gasteiger partial charge in [0, 0.05) is 55.7 Å². The zero-order chi connectivity index (χ0) is 19.8. The average Bonchev–Trinajstić information content (AvgIpc) is 3.14. The minimum absolute atomic E-state index is 0.225. The molecule has 7 heteroatoms. The van der Waals surface area contributed by atoms with Crippen molar-refractivity contribution in [2.75, 3.05) is 26.8 Å². The van der Waals surface area contributed by atoms with Crippen LogP contribution in [0.2, 0.25) is 0 Å². The monoisotopic (exact) mass is 380 g/mol. The van der Waals surface area contributed by atoms with Gasteiger partial charge in [0.05, 0.1) is 0 Å². The van der Waals surface area contributed by atoms with E-state index in [0.717, 1.165) is 22.9 Å². The molecule has 0 bridgehead atoms. The van der Waals surface area contributed by atoms with Gasteiger partial charge in [-0.2, -0.15) is 0 Å². The number of benzene rings is 1. The second-order valence-corrected chi connectivity index (χ2v) is 6.40. The summed E-state index contributed by atoms with van der Waals surface area (Å²) in [6.45, 7) is 1.58. The van der Waals surface area contributed by atoms with Gasteiger partial charge in [0.15, 0.2) is 0 Å². The number of hydrogen-bond acceptors (Lipinski definition) is 4. The zero-order valence-electron chi connectivity index (χ0n) is 15.8. The first-order chi connectivity index (χ1) is 13.7. The van der Waals surface area contributed by atoms with E-state index in [1.807, 2.05) is 24.4 Å². The van der Waals surface area contributed by atoms with Crippen LogP contribution in [0.4, 0.5) is 0 Å². The Morgan fingerprint density at radius 1 is 1.11 bits per heavy atom. The molecule has 0 saturated heterocycles. The molecule has 3 N–H and O–H groups in total. The van der Waals surface area contributed by atoms with Gasteiger partial charge in [-0.1, -0.05) is 18.2 Å². The number of methoxy groups -OCH3 is 1. The van der Waals surface area contributed by atoms with Crippen molar-refractivity contribution in [3.63, 3.8) is 0 Å². The summed E-state index contributed by atoms with van der Waals surface area (Å²) >= 11 is 0. The van der Waals surface area contributed by atoms with E-state index in [1.165, 1.54) is 12.3 Å². The molecule has 0 aliphatic rings. The molecule has 0 radical (unpaired) electrons. The molecule has 7 nitrogen and oxygen atoms in total. The molecular weight excluding hydrogens is 356 g/mol. The van der Waals surface area contributed by atoms with Crippen molar-refractivity contribution in [3.05, 3.63) is 65.6 Å². The van der Waals surface area contributed by atoms with E-state index in [-0.39, 0.29) is 17.5 Å². The van der Waals surface area contributed by atoms with Crippen LogP contribution in [-0.2, 0) is 11.2 Å². The number of carbonyl (C=O) groups excluding carboxylic acids is 2. The molecule has 0 saturated carbocycles. The van der Waals surface area contributed by atoms with Crippen LogP contribution in [0.25, 0.3) is 10.9 Å². The van der Waals surface area contributed by atoms with Crippen molar-refractivity contribution in [3.8, 4) is 0 Å². The average molecular weight is 380 g/mol. The molecule has 2 aromatic heterocycles. The molecular formula is C21H24N4O3. The summed E-state index contributed by atoms with van der Waals surface area (Å²) in [5.41, 5.74) is 2.86. The Bertz CT molecular complexity index is 951. The number of carbonyl (C=O) groups is 2. The molecule has 28 heavy (non-hydrogen) atoms. The smallest absolute Gasteiger partial charge is 0.269 e. The maximum Gasteiger partial charge on any atom is 0.269 e. The molecule has 0 fully saturated rings. The van der Waals surface area contributed by atoms with E-state index < -0.39 is 0 Å². The normalized spacial score (nSPS) is 10.8. The van der Waals surface area contributed by atoms with Gasteiger partial charge in [0.2, 0.25) is 0 Å². The van der Waals surface area contributed by atoms with E-state index in [9.17, 15) is 9.59 Å². The van der Waals surface area contributed by atoms with Crippen LogP contribution in [0.5, 0.6) is 0 Å². The summed E-state index contributed by atoms with van der Waals surface area (Å²) in [4.78, 5) is 31.8. The number of nitrogens with one attached hydrogen (secondary N) is 3. The molecule has 3 rings (SSSR count). The predicted molar refractivity (Wildman–Crippen MR) is 107 cm³/mol. The van der Waals surface area contributed by atoms with Gasteiger partial charge >= 0.3 is 0 Å².